The summed E-state index contributed by atoms with van der Waals surface area (Å²) in [6.45, 7) is 4.00. The molecule has 1 heterocycles. The normalized spacial score (nSPS) is 10.4. The lowest BCUT2D eigenvalue weighted by atomic mass is 10.2. The molecule has 0 aliphatic heterocycles. The molecule has 0 atom stereocenters. The number of hydrogen-bond acceptors (Lipinski definition) is 3. The lowest BCUT2D eigenvalue weighted by Gasteiger charge is -2.06. The molecular formula is C7H10F3N3O. The summed E-state index contributed by atoms with van der Waals surface area (Å²) in [5.41, 5.74) is 1.49. The number of aromatic amines is 1. The van der Waals surface area contributed by atoms with Crippen molar-refractivity contribution in [3.63, 3.8) is 0 Å². The number of H-pyrrole nitrogens is 1. The van der Waals surface area contributed by atoms with Gasteiger partial charge in [-0.15, -0.1) is 0 Å². The summed E-state index contributed by atoms with van der Waals surface area (Å²) in [4.78, 5) is 10.6. The molecule has 80 valence electrons. The summed E-state index contributed by atoms with van der Waals surface area (Å²) in [5, 5.41) is 4.74. The molecule has 3 N–H and O–H groups in total. The van der Waals surface area contributed by atoms with Gasteiger partial charge in [-0.3, -0.25) is 4.79 Å². The van der Waals surface area contributed by atoms with Gasteiger partial charge in [0.15, 0.2) is 0 Å². The van der Waals surface area contributed by atoms with Crippen LogP contribution in [-0.2, 0) is 6.18 Å². The zero-order valence-electron chi connectivity index (χ0n) is 7.64. The summed E-state index contributed by atoms with van der Waals surface area (Å²) >= 11 is 0. The molecule has 0 unspecified atom stereocenters. The average Bonchev–Trinajstić information content (AvgIpc) is 2.05. The second-order valence-electron chi connectivity index (χ2n) is 2.03. The van der Waals surface area contributed by atoms with Crippen LogP contribution in [0.15, 0.2) is 11.0 Å². The van der Waals surface area contributed by atoms with Crippen molar-refractivity contribution < 1.29 is 13.2 Å². The highest BCUT2D eigenvalue weighted by atomic mass is 19.4. The van der Waals surface area contributed by atoms with Crippen molar-refractivity contribution in [3.8, 4) is 0 Å². The molecule has 14 heavy (non-hydrogen) atoms. The van der Waals surface area contributed by atoms with E-state index in [2.05, 4.69) is 5.10 Å². The van der Waals surface area contributed by atoms with Gasteiger partial charge in [-0.2, -0.15) is 18.3 Å². The van der Waals surface area contributed by atoms with Crippen LogP contribution in [0.25, 0.3) is 0 Å². The minimum atomic E-state index is -4.74. The van der Waals surface area contributed by atoms with Crippen molar-refractivity contribution in [1.29, 1.82) is 0 Å². The Balaban J connectivity index is 0.000000791. The molecule has 1 aromatic heterocycles. The first-order valence-corrected chi connectivity index (χ1v) is 3.83. The number of hydrogen-bond donors (Lipinski definition) is 2. The van der Waals surface area contributed by atoms with Gasteiger partial charge in [-0.05, 0) is 0 Å². The number of nitrogens with two attached hydrogens (primary N) is 1. The predicted molar refractivity (Wildman–Crippen MR) is 45.6 cm³/mol. The topological polar surface area (TPSA) is 71.8 Å². The monoisotopic (exact) mass is 209 g/mol. The number of rotatable bonds is 0. The summed E-state index contributed by atoms with van der Waals surface area (Å²) < 4.78 is 35.9. The maximum atomic E-state index is 12.0. The first kappa shape index (κ1) is 12.5. The van der Waals surface area contributed by atoms with Crippen LogP contribution in [0.1, 0.15) is 19.4 Å². The van der Waals surface area contributed by atoms with Gasteiger partial charge in [0, 0.05) is 0 Å². The van der Waals surface area contributed by atoms with Gasteiger partial charge in [0.2, 0.25) is 0 Å². The van der Waals surface area contributed by atoms with Crippen LogP contribution >= 0.6 is 0 Å². The Labute approximate surface area is 77.9 Å². The van der Waals surface area contributed by atoms with Gasteiger partial charge in [-0.25, -0.2) is 5.10 Å². The molecule has 1 rings (SSSR count). The summed E-state index contributed by atoms with van der Waals surface area (Å²) in [6.07, 6.45) is -4.00. The Hall–Kier alpha value is -1.53. The Morgan fingerprint density at radius 2 is 1.93 bits per heavy atom. The van der Waals surface area contributed by atoms with Gasteiger partial charge in [0.1, 0.15) is 5.56 Å². The smallest absolute Gasteiger partial charge is 0.397 e. The van der Waals surface area contributed by atoms with Crippen molar-refractivity contribution in [2.45, 2.75) is 20.0 Å². The van der Waals surface area contributed by atoms with Gasteiger partial charge >= 0.3 is 6.18 Å². The predicted octanol–water partition coefficient (Wildman–Crippen LogP) is 1.40. The quantitative estimate of drug-likeness (QED) is 0.678. The molecule has 0 fully saturated rings. The molecule has 0 bridgehead atoms. The molecule has 4 nitrogen and oxygen atoms in total. The molecule has 0 aliphatic rings. The van der Waals surface area contributed by atoms with Gasteiger partial charge in [-0.1, -0.05) is 13.8 Å². The van der Waals surface area contributed by atoms with E-state index in [4.69, 9.17) is 5.73 Å². The molecule has 0 saturated carbocycles. The molecular weight excluding hydrogens is 199 g/mol. The zero-order valence-corrected chi connectivity index (χ0v) is 7.64. The van der Waals surface area contributed by atoms with E-state index in [1.165, 1.54) is 0 Å². The zero-order chi connectivity index (χ0) is 11.4. The average molecular weight is 209 g/mol. The Morgan fingerprint density at radius 1 is 1.43 bits per heavy atom. The number of alkyl halides is 3. The van der Waals surface area contributed by atoms with Gasteiger partial charge in [0.05, 0.1) is 11.9 Å². The van der Waals surface area contributed by atoms with Crippen LogP contribution in [0.3, 0.4) is 0 Å². The molecule has 0 saturated heterocycles. The van der Waals surface area contributed by atoms with Crippen molar-refractivity contribution >= 4 is 5.69 Å². The van der Waals surface area contributed by atoms with Crippen molar-refractivity contribution in [2.24, 2.45) is 0 Å². The van der Waals surface area contributed by atoms with Crippen LogP contribution in [0, 0.1) is 0 Å². The van der Waals surface area contributed by atoms with E-state index in [0.717, 1.165) is 6.20 Å². The van der Waals surface area contributed by atoms with Crippen LogP contribution in [0.2, 0.25) is 0 Å². The van der Waals surface area contributed by atoms with E-state index in [0.29, 0.717) is 0 Å². The fourth-order valence-corrected chi connectivity index (χ4v) is 0.704. The van der Waals surface area contributed by atoms with E-state index >= 15 is 0 Å². The van der Waals surface area contributed by atoms with Crippen molar-refractivity contribution in [2.75, 3.05) is 5.73 Å². The largest absolute Gasteiger partial charge is 0.423 e. The molecule has 1 aromatic rings. The minimum Gasteiger partial charge on any atom is -0.397 e. The Bertz CT molecular complexity index is 345. The number of nitrogens with zero attached hydrogens (tertiary/aromatic N) is 1. The number of nitrogens with one attached hydrogen (secondary N) is 1. The SMILES string of the molecule is CC.Nc1cn[nH]c(=O)c1C(F)(F)F. The van der Waals surface area contributed by atoms with E-state index in [1.807, 2.05) is 13.8 Å². The maximum Gasteiger partial charge on any atom is 0.423 e. The second kappa shape index (κ2) is 4.64. The minimum absolute atomic E-state index is 0.675. The van der Waals surface area contributed by atoms with Crippen molar-refractivity contribution in [1.82, 2.24) is 10.2 Å². The first-order valence-electron chi connectivity index (χ1n) is 3.83. The number of aromatic nitrogens is 2. The molecule has 7 heteroatoms. The highest BCUT2D eigenvalue weighted by molar-refractivity contribution is 5.44. The molecule has 0 amide bonds. The van der Waals surface area contributed by atoms with E-state index in [9.17, 15) is 18.0 Å². The third-order valence-electron chi connectivity index (χ3n) is 1.17. The molecule has 0 radical (unpaired) electrons. The molecule has 0 spiro atoms. The Morgan fingerprint density at radius 3 is 2.21 bits per heavy atom. The number of halogens is 3. The van der Waals surface area contributed by atoms with Crippen LogP contribution in [-0.4, -0.2) is 10.2 Å². The highest BCUT2D eigenvalue weighted by Gasteiger charge is 2.36. The van der Waals surface area contributed by atoms with E-state index in [-0.39, 0.29) is 0 Å². The third-order valence-corrected chi connectivity index (χ3v) is 1.17. The van der Waals surface area contributed by atoms with Crippen LogP contribution in [0.5, 0.6) is 0 Å². The molecule has 0 aromatic carbocycles. The lowest BCUT2D eigenvalue weighted by molar-refractivity contribution is -0.138. The lowest BCUT2D eigenvalue weighted by Crippen LogP contribution is -2.24. The summed E-state index contributed by atoms with van der Waals surface area (Å²) in [6, 6.07) is 0. The standard InChI is InChI=1S/C5H4F3N3O.C2H6/c6-5(7,8)3-2(9)1-10-11-4(3)12;1-2/h1H,(H3,9,11,12);1-2H3. The number of nitrogen functional groups attached to an aromatic ring is 1. The molecule has 0 aliphatic carbocycles. The fraction of sp³-hybridized carbons (Fsp3) is 0.429. The summed E-state index contributed by atoms with van der Waals surface area (Å²) in [7, 11) is 0. The van der Waals surface area contributed by atoms with E-state index < -0.39 is 23.0 Å². The van der Waals surface area contributed by atoms with Crippen LogP contribution in [0.4, 0.5) is 18.9 Å². The van der Waals surface area contributed by atoms with Gasteiger partial charge in [0.25, 0.3) is 5.56 Å². The maximum absolute atomic E-state index is 12.0. The van der Waals surface area contributed by atoms with Crippen molar-refractivity contribution in [3.05, 3.63) is 22.1 Å². The third kappa shape index (κ3) is 2.75. The van der Waals surface area contributed by atoms with Crippen LogP contribution < -0.4 is 11.3 Å². The highest BCUT2D eigenvalue weighted by Crippen LogP contribution is 2.29. The summed E-state index contributed by atoms with van der Waals surface area (Å²) in [5.74, 6) is 0. The Kier molecular flexibility index (Phi) is 4.13. The van der Waals surface area contributed by atoms with Gasteiger partial charge < -0.3 is 5.73 Å². The van der Waals surface area contributed by atoms with E-state index in [1.54, 1.807) is 5.10 Å². The fourth-order valence-electron chi connectivity index (χ4n) is 0.704. The first-order chi connectivity index (χ1) is 6.43. The number of anilines is 1. The second-order valence-corrected chi connectivity index (χ2v) is 2.03.